The van der Waals surface area contributed by atoms with Crippen molar-refractivity contribution in [3.05, 3.63) is 35.9 Å². The summed E-state index contributed by atoms with van der Waals surface area (Å²) < 4.78 is 0. The van der Waals surface area contributed by atoms with Crippen LogP contribution in [0.4, 0.5) is 0 Å². The monoisotopic (exact) mass is 220 g/mol. The molecule has 0 heterocycles. The summed E-state index contributed by atoms with van der Waals surface area (Å²) in [6, 6.07) is 9.70. The van der Waals surface area contributed by atoms with E-state index in [0.717, 1.165) is 5.56 Å². The predicted molar refractivity (Wildman–Crippen MR) is 65.3 cm³/mol. The van der Waals surface area contributed by atoms with Crippen LogP contribution in [0.1, 0.15) is 32.3 Å². The van der Waals surface area contributed by atoms with Crippen LogP contribution in [0.25, 0.3) is 0 Å². The molecular weight excluding hydrogens is 200 g/mol. The first-order chi connectivity index (χ1) is 7.68. The Morgan fingerprint density at radius 3 is 2.19 bits per heavy atom. The minimum Gasteiger partial charge on any atom is -0.395 e. The fourth-order valence-corrected chi connectivity index (χ4v) is 1.92. The molecule has 16 heavy (non-hydrogen) atoms. The Morgan fingerprint density at radius 2 is 1.75 bits per heavy atom. The van der Waals surface area contributed by atoms with Gasteiger partial charge < -0.3 is 5.11 Å². The number of hydrogen-bond donors (Lipinski definition) is 1. The Labute approximate surface area is 97.3 Å². The number of aliphatic hydroxyl groups excluding tert-OH is 1. The van der Waals surface area contributed by atoms with Crippen LogP contribution in [0.5, 0.6) is 0 Å². The van der Waals surface area contributed by atoms with Crippen LogP contribution in [-0.4, -0.2) is 17.5 Å². The van der Waals surface area contributed by atoms with Crippen LogP contribution in [0, 0.1) is 5.41 Å². The Kier molecular flexibility index (Phi) is 4.69. The smallest absolute Gasteiger partial charge is 0.145 e. The molecule has 0 fully saturated rings. The molecular formula is C14H20O2. The highest BCUT2D eigenvalue weighted by Gasteiger charge is 2.33. The molecule has 0 saturated carbocycles. The van der Waals surface area contributed by atoms with Crippen molar-refractivity contribution in [2.75, 3.05) is 6.61 Å². The van der Waals surface area contributed by atoms with Gasteiger partial charge in [-0.3, -0.25) is 4.79 Å². The number of aliphatic hydroxyl groups is 1. The molecule has 0 spiro atoms. The number of carbonyl (C=O) groups excluding carboxylic acids is 1. The molecule has 1 rings (SSSR count). The van der Waals surface area contributed by atoms with Crippen LogP contribution in [0.3, 0.4) is 0 Å². The van der Waals surface area contributed by atoms with Crippen LogP contribution >= 0.6 is 0 Å². The molecule has 1 aromatic rings. The van der Waals surface area contributed by atoms with E-state index in [0.29, 0.717) is 19.3 Å². The summed E-state index contributed by atoms with van der Waals surface area (Å²) in [5.74, 6) is 0.145. The van der Waals surface area contributed by atoms with Gasteiger partial charge in [0.1, 0.15) is 5.78 Å². The lowest BCUT2D eigenvalue weighted by atomic mass is 9.77. The molecule has 0 aromatic heterocycles. The van der Waals surface area contributed by atoms with Crippen LogP contribution in [0.2, 0.25) is 0 Å². The molecule has 0 unspecified atom stereocenters. The van der Waals surface area contributed by atoms with Crippen LogP contribution < -0.4 is 0 Å². The van der Waals surface area contributed by atoms with Crippen LogP contribution in [-0.2, 0) is 11.2 Å². The maximum absolute atomic E-state index is 12.2. The summed E-state index contributed by atoms with van der Waals surface area (Å²) in [5, 5.41) is 9.40. The molecule has 2 heteroatoms. The van der Waals surface area contributed by atoms with E-state index in [-0.39, 0.29) is 12.4 Å². The van der Waals surface area contributed by atoms with E-state index in [4.69, 9.17) is 0 Å². The number of carbonyl (C=O) groups is 1. The second-order valence-corrected chi connectivity index (χ2v) is 4.23. The van der Waals surface area contributed by atoms with Gasteiger partial charge in [0.2, 0.25) is 0 Å². The SMILES string of the molecule is CCC(CC)(CO)C(=O)Cc1ccccc1. The highest BCUT2D eigenvalue weighted by atomic mass is 16.3. The van der Waals surface area contributed by atoms with Crippen molar-refractivity contribution < 1.29 is 9.90 Å². The van der Waals surface area contributed by atoms with Crippen molar-refractivity contribution >= 4 is 5.78 Å². The summed E-state index contributed by atoms with van der Waals surface area (Å²) in [4.78, 5) is 12.2. The molecule has 88 valence electrons. The number of Topliss-reactive ketones (excluding diaryl/α,β-unsaturated/α-hetero) is 1. The van der Waals surface area contributed by atoms with E-state index in [1.807, 2.05) is 44.2 Å². The molecule has 1 N–H and O–H groups in total. The fourth-order valence-electron chi connectivity index (χ4n) is 1.92. The van der Waals surface area contributed by atoms with E-state index in [1.165, 1.54) is 0 Å². The van der Waals surface area contributed by atoms with Gasteiger partial charge in [-0.25, -0.2) is 0 Å². The minimum atomic E-state index is -0.546. The average Bonchev–Trinajstić information content (AvgIpc) is 2.33. The fraction of sp³-hybridized carbons (Fsp3) is 0.500. The second kappa shape index (κ2) is 5.80. The molecule has 0 bridgehead atoms. The van der Waals surface area contributed by atoms with Gasteiger partial charge in [-0.05, 0) is 18.4 Å². The van der Waals surface area contributed by atoms with E-state index in [1.54, 1.807) is 0 Å². The molecule has 0 radical (unpaired) electrons. The zero-order valence-electron chi connectivity index (χ0n) is 10.1. The summed E-state index contributed by atoms with van der Waals surface area (Å²) >= 11 is 0. The molecule has 0 amide bonds. The third-order valence-corrected chi connectivity index (χ3v) is 3.46. The average molecular weight is 220 g/mol. The van der Waals surface area contributed by atoms with Crippen LogP contribution in [0.15, 0.2) is 30.3 Å². The van der Waals surface area contributed by atoms with Crippen molar-refractivity contribution in [2.45, 2.75) is 33.1 Å². The van der Waals surface area contributed by atoms with Crippen molar-refractivity contribution in [3.8, 4) is 0 Å². The summed E-state index contributed by atoms with van der Waals surface area (Å²) in [5.41, 5.74) is 0.475. The predicted octanol–water partition coefficient (Wildman–Crippen LogP) is 2.60. The Hall–Kier alpha value is -1.15. The number of ketones is 1. The quantitative estimate of drug-likeness (QED) is 0.800. The summed E-state index contributed by atoms with van der Waals surface area (Å²) in [6.07, 6.45) is 1.82. The van der Waals surface area contributed by atoms with E-state index in [9.17, 15) is 9.90 Å². The van der Waals surface area contributed by atoms with Gasteiger partial charge >= 0.3 is 0 Å². The largest absolute Gasteiger partial charge is 0.395 e. The van der Waals surface area contributed by atoms with Gasteiger partial charge in [-0.1, -0.05) is 44.2 Å². The maximum atomic E-state index is 12.2. The van der Waals surface area contributed by atoms with Gasteiger partial charge in [0.05, 0.1) is 12.0 Å². The highest BCUT2D eigenvalue weighted by Crippen LogP contribution is 2.28. The molecule has 0 saturated heterocycles. The molecule has 0 aliphatic rings. The highest BCUT2D eigenvalue weighted by molar-refractivity contribution is 5.86. The van der Waals surface area contributed by atoms with E-state index in [2.05, 4.69) is 0 Å². The Morgan fingerprint density at radius 1 is 1.19 bits per heavy atom. The van der Waals surface area contributed by atoms with Gasteiger partial charge in [0, 0.05) is 6.42 Å². The van der Waals surface area contributed by atoms with E-state index >= 15 is 0 Å². The third kappa shape index (κ3) is 2.70. The number of rotatable bonds is 6. The first kappa shape index (κ1) is 12.9. The third-order valence-electron chi connectivity index (χ3n) is 3.46. The number of benzene rings is 1. The lowest BCUT2D eigenvalue weighted by molar-refractivity contribution is -0.130. The van der Waals surface area contributed by atoms with Crippen molar-refractivity contribution in [2.24, 2.45) is 5.41 Å². The zero-order chi connectivity index (χ0) is 12.0. The molecule has 0 aliphatic carbocycles. The van der Waals surface area contributed by atoms with E-state index < -0.39 is 5.41 Å². The first-order valence-corrected chi connectivity index (χ1v) is 5.86. The molecule has 2 nitrogen and oxygen atoms in total. The summed E-state index contributed by atoms with van der Waals surface area (Å²) in [7, 11) is 0. The van der Waals surface area contributed by atoms with Crippen molar-refractivity contribution in [1.82, 2.24) is 0 Å². The summed E-state index contributed by atoms with van der Waals surface area (Å²) in [6.45, 7) is 3.87. The van der Waals surface area contributed by atoms with Crippen molar-refractivity contribution in [3.63, 3.8) is 0 Å². The molecule has 1 aromatic carbocycles. The van der Waals surface area contributed by atoms with Gasteiger partial charge in [-0.2, -0.15) is 0 Å². The van der Waals surface area contributed by atoms with Crippen molar-refractivity contribution in [1.29, 1.82) is 0 Å². The lowest BCUT2D eigenvalue weighted by Crippen LogP contribution is -2.35. The van der Waals surface area contributed by atoms with Gasteiger partial charge in [-0.15, -0.1) is 0 Å². The maximum Gasteiger partial charge on any atom is 0.145 e. The first-order valence-electron chi connectivity index (χ1n) is 5.86. The minimum absolute atomic E-state index is 0.0499. The molecule has 0 aliphatic heterocycles. The topological polar surface area (TPSA) is 37.3 Å². The normalized spacial score (nSPS) is 11.4. The zero-order valence-corrected chi connectivity index (χ0v) is 10.1. The standard InChI is InChI=1S/C14H20O2/c1-3-14(4-2,11-15)13(16)10-12-8-6-5-7-9-12/h5-9,15H,3-4,10-11H2,1-2H3. The Balaban J connectivity index is 2.78. The van der Waals surface area contributed by atoms with Gasteiger partial charge in [0.15, 0.2) is 0 Å². The van der Waals surface area contributed by atoms with Gasteiger partial charge in [0.25, 0.3) is 0 Å². The number of hydrogen-bond acceptors (Lipinski definition) is 2. The molecule has 0 atom stereocenters. The lowest BCUT2D eigenvalue weighted by Gasteiger charge is -2.27. The second-order valence-electron chi connectivity index (χ2n) is 4.23. The Bertz CT molecular complexity index is 318.